The molecule has 1 aromatic heterocycles. The Morgan fingerprint density at radius 3 is 2.52 bits per heavy atom. The highest BCUT2D eigenvalue weighted by molar-refractivity contribution is 5.76. The lowest BCUT2D eigenvalue weighted by atomic mass is 10.2. The van der Waals surface area contributed by atoms with Gasteiger partial charge in [0.1, 0.15) is 5.82 Å². The van der Waals surface area contributed by atoms with Gasteiger partial charge in [0, 0.05) is 63.6 Å². The van der Waals surface area contributed by atoms with Gasteiger partial charge in [0.25, 0.3) is 0 Å². The van der Waals surface area contributed by atoms with Gasteiger partial charge in [0.05, 0.1) is 0 Å². The summed E-state index contributed by atoms with van der Waals surface area (Å²) in [7, 11) is 0. The number of anilines is 1. The number of piperazine rings is 1. The minimum absolute atomic E-state index is 0.120. The quantitative estimate of drug-likeness (QED) is 0.805. The van der Waals surface area contributed by atoms with E-state index in [0.29, 0.717) is 44.1 Å². The van der Waals surface area contributed by atoms with Crippen LogP contribution in [0.25, 0.3) is 0 Å². The Kier molecular flexibility index (Phi) is 5.90. The molecule has 0 spiro atoms. The van der Waals surface area contributed by atoms with Crippen molar-refractivity contribution in [1.82, 2.24) is 20.2 Å². The molecule has 0 saturated carbocycles. The van der Waals surface area contributed by atoms with Gasteiger partial charge < -0.3 is 15.1 Å². The molecule has 6 nitrogen and oxygen atoms in total. The second kappa shape index (κ2) is 8.53. The molecule has 0 atom stereocenters. The molecule has 1 aliphatic rings. The van der Waals surface area contributed by atoms with E-state index < -0.39 is 0 Å². The maximum absolute atomic E-state index is 13.5. The Morgan fingerprint density at radius 2 is 1.80 bits per heavy atom. The molecule has 0 aliphatic carbocycles. The Balaban J connectivity index is 1.37. The minimum atomic E-state index is -0.222. The van der Waals surface area contributed by atoms with Crippen LogP contribution in [-0.2, 0) is 11.3 Å². The summed E-state index contributed by atoms with van der Waals surface area (Å²) in [6, 6.07) is 8.45. The van der Waals surface area contributed by atoms with Gasteiger partial charge in [0.15, 0.2) is 0 Å². The van der Waals surface area contributed by atoms with Crippen molar-refractivity contribution < 1.29 is 9.18 Å². The van der Waals surface area contributed by atoms with Gasteiger partial charge in [-0.05, 0) is 12.1 Å². The number of nitrogens with zero attached hydrogens (tertiary/aromatic N) is 4. The molecule has 25 heavy (non-hydrogen) atoms. The molecular weight excluding hydrogens is 321 g/mol. The molecule has 7 heteroatoms. The number of amides is 1. The molecule has 1 saturated heterocycles. The Bertz CT molecular complexity index is 689. The summed E-state index contributed by atoms with van der Waals surface area (Å²) in [5, 5.41) is 3.13. The molecule has 132 valence electrons. The molecule has 0 radical (unpaired) electrons. The molecule has 1 aromatic carbocycles. The third kappa shape index (κ3) is 4.73. The first-order valence-electron chi connectivity index (χ1n) is 8.48. The van der Waals surface area contributed by atoms with Crippen LogP contribution >= 0.6 is 0 Å². The van der Waals surface area contributed by atoms with Crippen molar-refractivity contribution in [3.63, 3.8) is 0 Å². The highest BCUT2D eigenvalue weighted by atomic mass is 19.1. The molecule has 0 bridgehead atoms. The van der Waals surface area contributed by atoms with E-state index in [1.54, 1.807) is 36.7 Å². The largest absolute Gasteiger partial charge is 0.339 e. The summed E-state index contributed by atoms with van der Waals surface area (Å²) in [6.07, 6.45) is 3.86. The fourth-order valence-electron chi connectivity index (χ4n) is 2.83. The summed E-state index contributed by atoms with van der Waals surface area (Å²) >= 11 is 0. The first kappa shape index (κ1) is 17.3. The predicted octanol–water partition coefficient (Wildman–Crippen LogP) is 1.44. The number of nitrogens with one attached hydrogen (secondary N) is 1. The summed E-state index contributed by atoms with van der Waals surface area (Å²) in [5.74, 6) is 0.608. The summed E-state index contributed by atoms with van der Waals surface area (Å²) in [4.78, 5) is 24.7. The molecule has 1 aliphatic heterocycles. The number of carbonyl (C=O) groups is 1. The van der Waals surface area contributed by atoms with Gasteiger partial charge in [-0.3, -0.25) is 4.79 Å². The van der Waals surface area contributed by atoms with Crippen LogP contribution in [0.4, 0.5) is 10.3 Å². The van der Waals surface area contributed by atoms with Crippen molar-refractivity contribution in [2.75, 3.05) is 37.6 Å². The van der Waals surface area contributed by atoms with E-state index in [9.17, 15) is 9.18 Å². The summed E-state index contributed by atoms with van der Waals surface area (Å²) in [6.45, 7) is 3.78. The number of hydrogen-bond acceptors (Lipinski definition) is 5. The van der Waals surface area contributed by atoms with Crippen LogP contribution in [0.1, 0.15) is 12.0 Å². The van der Waals surface area contributed by atoms with E-state index >= 15 is 0 Å². The average molecular weight is 343 g/mol. The summed E-state index contributed by atoms with van der Waals surface area (Å²) in [5.41, 5.74) is 0.617. The zero-order chi connectivity index (χ0) is 17.5. The molecule has 1 fully saturated rings. The van der Waals surface area contributed by atoms with E-state index in [2.05, 4.69) is 20.2 Å². The van der Waals surface area contributed by atoms with Crippen LogP contribution in [0.5, 0.6) is 0 Å². The maximum atomic E-state index is 13.5. The molecule has 2 heterocycles. The van der Waals surface area contributed by atoms with Crippen molar-refractivity contribution in [1.29, 1.82) is 0 Å². The maximum Gasteiger partial charge on any atom is 0.225 e. The van der Waals surface area contributed by atoms with Crippen molar-refractivity contribution in [2.24, 2.45) is 0 Å². The fraction of sp³-hybridized carbons (Fsp3) is 0.389. The van der Waals surface area contributed by atoms with Crippen molar-refractivity contribution in [2.45, 2.75) is 13.0 Å². The molecule has 2 aromatic rings. The smallest absolute Gasteiger partial charge is 0.225 e. The summed E-state index contributed by atoms with van der Waals surface area (Å²) < 4.78 is 13.5. The highest BCUT2D eigenvalue weighted by Crippen LogP contribution is 2.10. The van der Waals surface area contributed by atoms with Crippen LogP contribution in [0.15, 0.2) is 42.7 Å². The standard InChI is InChI=1S/C18H22FN5O/c19-16-5-2-1-4-15(16)14-20-9-6-17(25)23-10-12-24(13-11-23)18-21-7-3-8-22-18/h1-5,7-8,20H,6,9-14H2. The Morgan fingerprint density at radius 1 is 1.08 bits per heavy atom. The van der Waals surface area contributed by atoms with Crippen LogP contribution in [0.2, 0.25) is 0 Å². The fourth-order valence-corrected chi connectivity index (χ4v) is 2.83. The van der Waals surface area contributed by atoms with Gasteiger partial charge in [0.2, 0.25) is 11.9 Å². The second-order valence-electron chi connectivity index (χ2n) is 5.93. The molecule has 1 N–H and O–H groups in total. The normalized spacial score (nSPS) is 14.6. The Hall–Kier alpha value is -2.54. The third-order valence-corrected chi connectivity index (χ3v) is 4.26. The molecule has 0 unspecified atom stereocenters. The zero-order valence-electron chi connectivity index (χ0n) is 14.1. The Labute approximate surface area is 146 Å². The topological polar surface area (TPSA) is 61.4 Å². The lowest BCUT2D eigenvalue weighted by molar-refractivity contribution is -0.131. The van der Waals surface area contributed by atoms with Crippen LogP contribution in [-0.4, -0.2) is 53.5 Å². The number of benzene rings is 1. The molecule has 1 amide bonds. The SMILES string of the molecule is O=C(CCNCc1ccccc1F)N1CCN(c2ncccn2)CC1. The third-order valence-electron chi connectivity index (χ3n) is 4.26. The van der Waals surface area contributed by atoms with Crippen LogP contribution in [0, 0.1) is 5.82 Å². The number of hydrogen-bond donors (Lipinski definition) is 1. The van der Waals surface area contributed by atoms with Gasteiger partial charge in [-0.1, -0.05) is 18.2 Å². The van der Waals surface area contributed by atoms with E-state index in [0.717, 1.165) is 13.1 Å². The zero-order valence-corrected chi connectivity index (χ0v) is 14.1. The minimum Gasteiger partial charge on any atom is -0.339 e. The first-order chi connectivity index (χ1) is 12.2. The lowest BCUT2D eigenvalue weighted by Gasteiger charge is -2.34. The van der Waals surface area contributed by atoms with Gasteiger partial charge in [-0.2, -0.15) is 0 Å². The van der Waals surface area contributed by atoms with Crippen LogP contribution < -0.4 is 10.2 Å². The van der Waals surface area contributed by atoms with Crippen molar-refractivity contribution in [3.8, 4) is 0 Å². The molecule has 3 rings (SSSR count). The van der Waals surface area contributed by atoms with E-state index in [1.807, 2.05) is 4.90 Å². The number of carbonyl (C=O) groups excluding carboxylic acids is 1. The van der Waals surface area contributed by atoms with E-state index in [-0.39, 0.29) is 11.7 Å². The van der Waals surface area contributed by atoms with Gasteiger partial charge in [-0.25, -0.2) is 14.4 Å². The number of rotatable bonds is 6. The van der Waals surface area contributed by atoms with Gasteiger partial charge in [-0.15, -0.1) is 0 Å². The number of aromatic nitrogens is 2. The molecular formula is C18H22FN5O. The number of halogens is 1. The highest BCUT2D eigenvalue weighted by Gasteiger charge is 2.21. The van der Waals surface area contributed by atoms with Crippen molar-refractivity contribution >= 4 is 11.9 Å². The van der Waals surface area contributed by atoms with Gasteiger partial charge >= 0.3 is 0 Å². The van der Waals surface area contributed by atoms with Crippen LogP contribution in [0.3, 0.4) is 0 Å². The van der Waals surface area contributed by atoms with E-state index in [1.165, 1.54) is 6.07 Å². The first-order valence-corrected chi connectivity index (χ1v) is 8.48. The predicted molar refractivity (Wildman–Crippen MR) is 93.5 cm³/mol. The lowest BCUT2D eigenvalue weighted by Crippen LogP contribution is -2.49. The monoisotopic (exact) mass is 343 g/mol. The average Bonchev–Trinajstić information content (AvgIpc) is 2.67. The van der Waals surface area contributed by atoms with Crippen molar-refractivity contribution in [3.05, 3.63) is 54.1 Å². The van der Waals surface area contributed by atoms with E-state index in [4.69, 9.17) is 0 Å². The second-order valence-corrected chi connectivity index (χ2v) is 5.93.